The molecular weight excluding hydrogens is 236 g/mol. The van der Waals surface area contributed by atoms with Gasteiger partial charge >= 0.3 is 0 Å². The molecule has 0 aromatic carbocycles. The van der Waals surface area contributed by atoms with Crippen LogP contribution in [0.5, 0.6) is 0 Å². The molecule has 18 heavy (non-hydrogen) atoms. The quantitative estimate of drug-likeness (QED) is 0.510. The van der Waals surface area contributed by atoms with E-state index in [0.717, 1.165) is 0 Å². The van der Waals surface area contributed by atoms with E-state index < -0.39 is 5.91 Å². The summed E-state index contributed by atoms with van der Waals surface area (Å²) in [6, 6.07) is 0. The number of hydrogen-bond acceptors (Lipinski definition) is 5. The molecule has 0 fully saturated rings. The molecular formula is C11H14N4O3. The molecule has 1 aromatic rings. The van der Waals surface area contributed by atoms with Crippen LogP contribution in [-0.4, -0.2) is 26.7 Å². The number of allylic oxidation sites excluding steroid dienone is 2. The molecule has 96 valence electrons. The monoisotopic (exact) mass is 250 g/mol. The summed E-state index contributed by atoms with van der Waals surface area (Å²) in [5.74, 6) is -0.519. The predicted octanol–water partition coefficient (Wildman–Crippen LogP) is 0.130. The summed E-state index contributed by atoms with van der Waals surface area (Å²) in [6.45, 7) is 3.58. The first-order chi connectivity index (χ1) is 8.40. The molecule has 1 aliphatic heterocycles. The second kappa shape index (κ2) is 4.17. The number of aliphatic hydroxyl groups is 1. The van der Waals surface area contributed by atoms with Gasteiger partial charge in [0.1, 0.15) is 11.4 Å². The molecule has 0 saturated carbocycles. The number of anilines is 1. The van der Waals surface area contributed by atoms with Gasteiger partial charge in [-0.15, -0.1) is 0 Å². The van der Waals surface area contributed by atoms with E-state index in [1.54, 1.807) is 13.8 Å². The minimum atomic E-state index is -0.521. The fraction of sp³-hybridized carbons (Fsp3) is 0.364. The van der Waals surface area contributed by atoms with E-state index in [-0.39, 0.29) is 36.0 Å². The Labute approximate surface area is 103 Å². The summed E-state index contributed by atoms with van der Waals surface area (Å²) in [5.41, 5.74) is 7.15. The number of nitrogens with one attached hydrogen (secondary N) is 1. The molecule has 0 aliphatic carbocycles. The van der Waals surface area contributed by atoms with Gasteiger partial charge in [0, 0.05) is 0 Å². The number of amides is 2. The van der Waals surface area contributed by atoms with Gasteiger partial charge in [-0.2, -0.15) is 5.10 Å². The number of aliphatic hydroxyl groups excluding tert-OH is 1. The van der Waals surface area contributed by atoms with Gasteiger partial charge < -0.3 is 10.8 Å². The molecule has 7 nitrogen and oxygen atoms in total. The number of nitrogens with two attached hydrogens (primary N) is 1. The predicted molar refractivity (Wildman–Crippen MR) is 63.8 cm³/mol. The van der Waals surface area contributed by atoms with Crippen molar-refractivity contribution in [2.45, 2.75) is 26.8 Å². The molecule has 7 heteroatoms. The first-order valence-electron chi connectivity index (χ1n) is 5.44. The van der Waals surface area contributed by atoms with Gasteiger partial charge in [-0.3, -0.25) is 14.9 Å². The third kappa shape index (κ3) is 1.94. The standard InChI is InChI=1S/C11H14N4O3/c1-5(6(2)16)4-15-10(12)9-7(14-15)3-8(17)13-11(9)18/h16H,3-4,12H2,1-2H3,(H,13,17,18)/b6-5-. The second-order valence-electron chi connectivity index (χ2n) is 4.28. The molecule has 0 saturated heterocycles. The Hall–Kier alpha value is -2.31. The van der Waals surface area contributed by atoms with Crippen molar-refractivity contribution in [3.8, 4) is 0 Å². The van der Waals surface area contributed by atoms with Crippen LogP contribution in [0.2, 0.25) is 0 Å². The van der Waals surface area contributed by atoms with Crippen LogP contribution in [0.15, 0.2) is 11.3 Å². The van der Waals surface area contributed by atoms with Crippen molar-refractivity contribution in [2.24, 2.45) is 0 Å². The summed E-state index contributed by atoms with van der Waals surface area (Å²) in [7, 11) is 0. The zero-order chi connectivity index (χ0) is 13.4. The van der Waals surface area contributed by atoms with Gasteiger partial charge in [-0.05, 0) is 19.4 Å². The number of nitrogens with zero attached hydrogens (tertiary/aromatic N) is 2. The van der Waals surface area contributed by atoms with Gasteiger partial charge in [0.05, 0.1) is 24.4 Å². The highest BCUT2D eigenvalue weighted by molar-refractivity contribution is 6.11. The van der Waals surface area contributed by atoms with Gasteiger partial charge in [-0.25, -0.2) is 4.68 Å². The molecule has 0 atom stereocenters. The normalized spacial score (nSPS) is 16.1. The maximum absolute atomic E-state index is 11.6. The summed E-state index contributed by atoms with van der Waals surface area (Å²) in [4.78, 5) is 22.8. The lowest BCUT2D eigenvalue weighted by Gasteiger charge is -2.09. The number of fused-ring (bicyclic) bond motifs is 1. The number of carbonyl (C=O) groups excluding carboxylic acids is 2. The van der Waals surface area contributed by atoms with Crippen LogP contribution in [0.1, 0.15) is 29.9 Å². The fourth-order valence-corrected chi connectivity index (χ4v) is 1.74. The number of aromatic nitrogens is 2. The van der Waals surface area contributed by atoms with Crippen molar-refractivity contribution in [1.82, 2.24) is 15.1 Å². The molecule has 2 heterocycles. The van der Waals surface area contributed by atoms with Crippen LogP contribution in [0.25, 0.3) is 0 Å². The van der Waals surface area contributed by atoms with E-state index in [1.165, 1.54) is 4.68 Å². The zero-order valence-electron chi connectivity index (χ0n) is 10.1. The Morgan fingerprint density at radius 1 is 1.50 bits per heavy atom. The van der Waals surface area contributed by atoms with Crippen molar-refractivity contribution in [3.05, 3.63) is 22.6 Å². The van der Waals surface area contributed by atoms with Crippen LogP contribution in [0, 0.1) is 0 Å². The number of nitrogen functional groups attached to an aromatic ring is 1. The first kappa shape index (κ1) is 12.2. The van der Waals surface area contributed by atoms with Crippen LogP contribution in [0.4, 0.5) is 5.82 Å². The Morgan fingerprint density at radius 2 is 2.17 bits per heavy atom. The van der Waals surface area contributed by atoms with E-state index >= 15 is 0 Å². The van der Waals surface area contributed by atoms with Gasteiger partial charge in [0.25, 0.3) is 5.91 Å². The number of carbonyl (C=O) groups is 2. The van der Waals surface area contributed by atoms with E-state index in [4.69, 9.17) is 5.73 Å². The maximum Gasteiger partial charge on any atom is 0.263 e. The van der Waals surface area contributed by atoms with E-state index in [9.17, 15) is 14.7 Å². The minimum absolute atomic E-state index is 0.0408. The Morgan fingerprint density at radius 3 is 2.78 bits per heavy atom. The number of imide groups is 1. The van der Waals surface area contributed by atoms with Crippen LogP contribution >= 0.6 is 0 Å². The Kier molecular flexibility index (Phi) is 2.82. The molecule has 0 radical (unpaired) electrons. The van der Waals surface area contributed by atoms with E-state index in [0.29, 0.717) is 11.3 Å². The largest absolute Gasteiger partial charge is 0.513 e. The Bertz CT molecular complexity index is 567. The maximum atomic E-state index is 11.6. The first-order valence-corrected chi connectivity index (χ1v) is 5.44. The molecule has 0 spiro atoms. The lowest BCUT2D eigenvalue weighted by Crippen LogP contribution is -2.37. The highest BCUT2D eigenvalue weighted by atomic mass is 16.3. The van der Waals surface area contributed by atoms with Gasteiger partial charge in [0.15, 0.2) is 0 Å². The zero-order valence-corrected chi connectivity index (χ0v) is 10.1. The van der Waals surface area contributed by atoms with Crippen LogP contribution in [0.3, 0.4) is 0 Å². The molecule has 1 aromatic heterocycles. The summed E-state index contributed by atoms with van der Waals surface area (Å²) in [5, 5.41) is 15.7. The summed E-state index contributed by atoms with van der Waals surface area (Å²) < 4.78 is 1.41. The summed E-state index contributed by atoms with van der Waals surface area (Å²) >= 11 is 0. The SMILES string of the molecule is C/C(O)=C(\C)Cn1nc2c(c1N)C(=O)NC(=O)C2. The Balaban J connectivity index is 2.42. The molecule has 0 unspecified atom stereocenters. The van der Waals surface area contributed by atoms with Gasteiger partial charge in [-0.1, -0.05) is 0 Å². The lowest BCUT2D eigenvalue weighted by atomic mass is 10.1. The smallest absolute Gasteiger partial charge is 0.263 e. The second-order valence-corrected chi connectivity index (χ2v) is 4.28. The highest BCUT2D eigenvalue weighted by Crippen LogP contribution is 2.21. The topological polar surface area (TPSA) is 110 Å². The van der Waals surface area contributed by atoms with Crippen molar-refractivity contribution in [3.63, 3.8) is 0 Å². The third-order valence-electron chi connectivity index (χ3n) is 2.88. The number of rotatable bonds is 2. The third-order valence-corrected chi connectivity index (χ3v) is 2.88. The lowest BCUT2D eigenvalue weighted by molar-refractivity contribution is -0.119. The fourth-order valence-electron chi connectivity index (χ4n) is 1.74. The van der Waals surface area contributed by atoms with E-state index in [1.807, 2.05) is 0 Å². The summed E-state index contributed by atoms with van der Waals surface area (Å²) in [6.07, 6.45) is 0.0408. The van der Waals surface area contributed by atoms with Crippen molar-refractivity contribution >= 4 is 17.6 Å². The molecule has 1 aliphatic rings. The molecule has 2 rings (SSSR count). The number of hydrogen-bond donors (Lipinski definition) is 3. The van der Waals surface area contributed by atoms with Crippen molar-refractivity contribution in [1.29, 1.82) is 0 Å². The van der Waals surface area contributed by atoms with E-state index in [2.05, 4.69) is 10.4 Å². The van der Waals surface area contributed by atoms with Crippen LogP contribution < -0.4 is 11.1 Å². The minimum Gasteiger partial charge on any atom is -0.513 e. The van der Waals surface area contributed by atoms with Crippen molar-refractivity contribution < 1.29 is 14.7 Å². The molecule has 0 bridgehead atoms. The highest BCUT2D eigenvalue weighted by Gasteiger charge is 2.29. The van der Waals surface area contributed by atoms with Crippen molar-refractivity contribution in [2.75, 3.05) is 5.73 Å². The average Bonchev–Trinajstić information content (AvgIpc) is 2.55. The average molecular weight is 250 g/mol. The molecule has 2 amide bonds. The van der Waals surface area contributed by atoms with Gasteiger partial charge in [0.2, 0.25) is 5.91 Å². The van der Waals surface area contributed by atoms with Crippen LogP contribution in [-0.2, 0) is 17.8 Å². The molecule has 4 N–H and O–H groups in total.